The van der Waals surface area contributed by atoms with Crippen molar-refractivity contribution in [1.82, 2.24) is 0 Å². The number of ether oxygens (including phenoxy) is 1. The normalized spacial score (nSPS) is 11.7. The lowest BCUT2D eigenvalue weighted by Gasteiger charge is -2.14. The number of nitrogens with one attached hydrogen (secondary N) is 1. The monoisotopic (exact) mass is 369 g/mol. The van der Waals surface area contributed by atoms with Gasteiger partial charge in [0.1, 0.15) is 5.82 Å². The maximum Gasteiger partial charge on any atom is 0.311 e. The summed E-state index contributed by atoms with van der Waals surface area (Å²) in [5.74, 6) is -1.68. The molecule has 2 rings (SSSR count). The number of carbonyl (C=O) groups is 2. The molecule has 0 aliphatic carbocycles. The van der Waals surface area contributed by atoms with Gasteiger partial charge in [-0.2, -0.15) is 0 Å². The van der Waals surface area contributed by atoms with Crippen molar-refractivity contribution in [1.29, 1.82) is 0 Å². The van der Waals surface area contributed by atoms with Crippen LogP contribution >= 0.6 is 23.2 Å². The molecule has 1 atom stereocenters. The largest absolute Gasteiger partial charge is 0.452 e. The highest BCUT2D eigenvalue weighted by molar-refractivity contribution is 6.33. The second kappa shape index (κ2) is 8.13. The summed E-state index contributed by atoms with van der Waals surface area (Å²) in [6.07, 6.45) is -1.09. The molecule has 1 amide bonds. The van der Waals surface area contributed by atoms with Crippen molar-refractivity contribution in [2.75, 3.05) is 5.32 Å². The van der Waals surface area contributed by atoms with Gasteiger partial charge in [0.2, 0.25) is 0 Å². The standard InChI is InChI=1S/C17H14Cl2FNO3/c1-10(17(23)21-15-7-6-12(20)9-14(15)19)24-16(22)8-11-4-2-3-5-13(11)18/h2-7,9-10H,8H2,1H3,(H,21,23)/t10-/m0/s1. The third-order valence-electron chi connectivity index (χ3n) is 3.16. The Balaban J connectivity index is 1.93. The van der Waals surface area contributed by atoms with Crippen molar-refractivity contribution in [2.45, 2.75) is 19.4 Å². The zero-order valence-corrected chi connectivity index (χ0v) is 14.2. The molecule has 2 aromatic carbocycles. The molecule has 0 unspecified atom stereocenters. The summed E-state index contributed by atoms with van der Waals surface area (Å²) >= 11 is 11.8. The first kappa shape index (κ1) is 18.2. The van der Waals surface area contributed by atoms with Gasteiger partial charge >= 0.3 is 5.97 Å². The first-order valence-corrected chi connectivity index (χ1v) is 7.81. The van der Waals surface area contributed by atoms with Gasteiger partial charge < -0.3 is 10.1 Å². The number of amides is 1. The quantitative estimate of drug-likeness (QED) is 0.801. The van der Waals surface area contributed by atoms with Crippen molar-refractivity contribution in [3.8, 4) is 0 Å². The maximum atomic E-state index is 13.0. The number of benzene rings is 2. The lowest BCUT2D eigenvalue weighted by Crippen LogP contribution is -2.30. The molecule has 0 saturated carbocycles. The van der Waals surface area contributed by atoms with E-state index in [9.17, 15) is 14.0 Å². The molecule has 2 aromatic rings. The predicted octanol–water partition coefficient (Wildman–Crippen LogP) is 4.25. The maximum absolute atomic E-state index is 13.0. The molecule has 0 bridgehead atoms. The second-order valence-electron chi connectivity index (χ2n) is 5.01. The molecule has 0 saturated heterocycles. The Labute approximate surface area is 148 Å². The van der Waals surface area contributed by atoms with E-state index in [4.69, 9.17) is 27.9 Å². The van der Waals surface area contributed by atoms with E-state index in [1.807, 2.05) is 0 Å². The van der Waals surface area contributed by atoms with Crippen LogP contribution in [0.5, 0.6) is 0 Å². The van der Waals surface area contributed by atoms with Crippen LogP contribution in [0.2, 0.25) is 10.0 Å². The highest BCUT2D eigenvalue weighted by Gasteiger charge is 2.19. The van der Waals surface area contributed by atoms with Gasteiger partial charge in [0.15, 0.2) is 6.10 Å². The Morgan fingerprint density at radius 3 is 2.54 bits per heavy atom. The van der Waals surface area contributed by atoms with Crippen LogP contribution < -0.4 is 5.32 Å². The Bertz CT molecular complexity index is 767. The Morgan fingerprint density at radius 2 is 1.88 bits per heavy atom. The molecule has 0 radical (unpaired) electrons. The number of esters is 1. The molecule has 0 fully saturated rings. The van der Waals surface area contributed by atoms with Crippen LogP contribution in [0.1, 0.15) is 12.5 Å². The zero-order valence-electron chi connectivity index (χ0n) is 12.7. The SMILES string of the molecule is C[C@H](OC(=O)Cc1ccccc1Cl)C(=O)Nc1ccc(F)cc1Cl. The van der Waals surface area contributed by atoms with Crippen LogP contribution in [0.4, 0.5) is 10.1 Å². The third kappa shape index (κ3) is 4.94. The summed E-state index contributed by atoms with van der Waals surface area (Å²) in [6, 6.07) is 10.4. The molecule has 7 heteroatoms. The first-order valence-electron chi connectivity index (χ1n) is 7.05. The van der Waals surface area contributed by atoms with Crippen LogP contribution in [0, 0.1) is 5.82 Å². The number of carbonyl (C=O) groups excluding carboxylic acids is 2. The highest BCUT2D eigenvalue weighted by Crippen LogP contribution is 2.22. The van der Waals surface area contributed by atoms with E-state index in [2.05, 4.69) is 5.32 Å². The molecule has 0 heterocycles. The topological polar surface area (TPSA) is 55.4 Å². The van der Waals surface area contributed by atoms with E-state index in [-0.39, 0.29) is 17.1 Å². The number of hydrogen-bond acceptors (Lipinski definition) is 3. The molecule has 4 nitrogen and oxygen atoms in total. The van der Waals surface area contributed by atoms with Crippen LogP contribution in [-0.2, 0) is 20.7 Å². The van der Waals surface area contributed by atoms with E-state index < -0.39 is 23.8 Å². The minimum absolute atomic E-state index is 0.0470. The Morgan fingerprint density at radius 1 is 1.17 bits per heavy atom. The van der Waals surface area contributed by atoms with Crippen molar-refractivity contribution in [3.63, 3.8) is 0 Å². The van der Waals surface area contributed by atoms with Crippen molar-refractivity contribution in [2.24, 2.45) is 0 Å². The Hall–Kier alpha value is -2.11. The summed E-state index contributed by atoms with van der Waals surface area (Å²) in [5.41, 5.74) is 0.843. The summed E-state index contributed by atoms with van der Waals surface area (Å²) < 4.78 is 18.1. The fraction of sp³-hybridized carbons (Fsp3) is 0.176. The minimum atomic E-state index is -1.04. The summed E-state index contributed by atoms with van der Waals surface area (Å²) in [7, 11) is 0. The van der Waals surface area contributed by atoms with Gasteiger partial charge in [0, 0.05) is 5.02 Å². The molecule has 0 aromatic heterocycles. The molecular formula is C17H14Cl2FNO3. The van der Waals surface area contributed by atoms with Gasteiger partial charge in [-0.3, -0.25) is 9.59 Å². The lowest BCUT2D eigenvalue weighted by atomic mass is 10.1. The molecule has 126 valence electrons. The predicted molar refractivity (Wildman–Crippen MR) is 90.7 cm³/mol. The van der Waals surface area contributed by atoms with E-state index in [1.54, 1.807) is 24.3 Å². The van der Waals surface area contributed by atoms with Crippen molar-refractivity contribution >= 4 is 40.8 Å². The van der Waals surface area contributed by atoms with Crippen LogP contribution in [0.25, 0.3) is 0 Å². The van der Waals surface area contributed by atoms with Gasteiger partial charge in [-0.15, -0.1) is 0 Å². The molecule has 0 aliphatic heterocycles. The first-order chi connectivity index (χ1) is 11.4. The van der Waals surface area contributed by atoms with Gasteiger partial charge in [-0.25, -0.2) is 4.39 Å². The minimum Gasteiger partial charge on any atom is -0.452 e. The second-order valence-corrected chi connectivity index (χ2v) is 5.83. The van der Waals surface area contributed by atoms with Crippen LogP contribution in [-0.4, -0.2) is 18.0 Å². The summed E-state index contributed by atoms with van der Waals surface area (Å²) in [6.45, 7) is 1.43. The average molecular weight is 370 g/mol. The Kier molecular flexibility index (Phi) is 6.17. The van der Waals surface area contributed by atoms with E-state index in [0.29, 0.717) is 10.6 Å². The summed E-state index contributed by atoms with van der Waals surface area (Å²) in [4.78, 5) is 23.9. The fourth-order valence-electron chi connectivity index (χ4n) is 1.91. The fourth-order valence-corrected chi connectivity index (χ4v) is 2.33. The van der Waals surface area contributed by atoms with E-state index in [0.717, 1.165) is 12.1 Å². The average Bonchev–Trinajstić information content (AvgIpc) is 2.52. The van der Waals surface area contributed by atoms with Crippen molar-refractivity contribution in [3.05, 3.63) is 63.9 Å². The van der Waals surface area contributed by atoms with E-state index >= 15 is 0 Å². The summed E-state index contributed by atoms with van der Waals surface area (Å²) in [5, 5.41) is 2.98. The molecule has 24 heavy (non-hydrogen) atoms. The highest BCUT2D eigenvalue weighted by atomic mass is 35.5. The number of halogens is 3. The number of hydrogen-bond donors (Lipinski definition) is 1. The van der Waals surface area contributed by atoms with Crippen LogP contribution in [0.3, 0.4) is 0 Å². The lowest BCUT2D eigenvalue weighted by molar-refractivity contribution is -0.152. The zero-order chi connectivity index (χ0) is 17.7. The number of anilines is 1. The number of rotatable bonds is 5. The van der Waals surface area contributed by atoms with Gasteiger partial charge in [0.05, 0.1) is 17.1 Å². The van der Waals surface area contributed by atoms with Crippen molar-refractivity contribution < 1.29 is 18.7 Å². The molecular weight excluding hydrogens is 356 g/mol. The third-order valence-corrected chi connectivity index (χ3v) is 3.84. The van der Waals surface area contributed by atoms with E-state index in [1.165, 1.54) is 13.0 Å². The van der Waals surface area contributed by atoms with Crippen LogP contribution in [0.15, 0.2) is 42.5 Å². The molecule has 1 N–H and O–H groups in total. The van der Waals surface area contributed by atoms with Gasteiger partial charge in [0.25, 0.3) is 5.91 Å². The smallest absolute Gasteiger partial charge is 0.311 e. The van der Waals surface area contributed by atoms with Gasteiger partial charge in [-0.05, 0) is 36.8 Å². The molecule has 0 aliphatic rings. The molecule has 0 spiro atoms. The van der Waals surface area contributed by atoms with Gasteiger partial charge in [-0.1, -0.05) is 41.4 Å².